The molecule has 3 heterocycles. The van der Waals surface area contributed by atoms with Gasteiger partial charge in [0.1, 0.15) is 23.9 Å². The van der Waals surface area contributed by atoms with E-state index in [0.717, 1.165) is 22.1 Å². The number of carbonyl (C=O) groups is 2. The normalized spacial score (nSPS) is 21.3. The van der Waals surface area contributed by atoms with Crippen LogP contribution in [0.15, 0.2) is 83.5 Å². The fourth-order valence-corrected chi connectivity index (χ4v) is 7.32. The standard InChI is InChI=1S/C38H44F3N5O5/c1-37(2,33-19-27-20-42-13-12-32(27)51-33)46-15-14-45(30(22-46)36(50)43-23-38(39,40)41)21-28(47)17-26(16-24-8-4-3-5-9-24)35(49)44-34-29-11-7-6-10-25(29)18-31(34)48/h3-13,19-20,26,28,30-31,34,47-48H,14-18,21-23H2,1-2H3,(H,43,50)(H,44,49)/t26-,28-,30-,31+,34-/m0/s1. The molecule has 13 heteroatoms. The Bertz CT molecular complexity index is 1780. The summed E-state index contributed by atoms with van der Waals surface area (Å²) in [5.41, 5.74) is 2.62. The molecule has 2 aliphatic rings. The molecule has 0 radical (unpaired) electrons. The van der Waals surface area contributed by atoms with E-state index in [-0.39, 0.29) is 32.0 Å². The number of alkyl halides is 3. The Labute approximate surface area is 294 Å². The van der Waals surface area contributed by atoms with Crippen LogP contribution in [0.2, 0.25) is 0 Å². The molecule has 5 atom stereocenters. The Morgan fingerprint density at radius 1 is 1.06 bits per heavy atom. The topological polar surface area (TPSA) is 131 Å². The minimum atomic E-state index is -4.60. The first kappa shape index (κ1) is 36.5. The van der Waals surface area contributed by atoms with Crippen molar-refractivity contribution in [2.75, 3.05) is 32.7 Å². The summed E-state index contributed by atoms with van der Waals surface area (Å²) in [7, 11) is 0. The van der Waals surface area contributed by atoms with Crippen LogP contribution in [-0.4, -0.2) is 94.0 Å². The summed E-state index contributed by atoms with van der Waals surface area (Å²) >= 11 is 0. The molecule has 0 saturated carbocycles. The lowest BCUT2D eigenvalue weighted by molar-refractivity contribution is -0.144. The average molecular weight is 708 g/mol. The maximum absolute atomic E-state index is 13.9. The predicted molar refractivity (Wildman–Crippen MR) is 184 cm³/mol. The number of pyridine rings is 1. The molecule has 10 nitrogen and oxygen atoms in total. The van der Waals surface area contributed by atoms with E-state index >= 15 is 0 Å². The van der Waals surface area contributed by atoms with Crippen LogP contribution in [0.5, 0.6) is 0 Å². The summed E-state index contributed by atoms with van der Waals surface area (Å²) < 4.78 is 45.7. The van der Waals surface area contributed by atoms with Crippen LogP contribution in [0.1, 0.15) is 48.8 Å². The number of aromatic nitrogens is 1. The van der Waals surface area contributed by atoms with E-state index in [9.17, 15) is 33.0 Å². The highest BCUT2D eigenvalue weighted by molar-refractivity contribution is 5.82. The van der Waals surface area contributed by atoms with Gasteiger partial charge in [-0.2, -0.15) is 13.2 Å². The number of rotatable bonds is 12. The van der Waals surface area contributed by atoms with Crippen LogP contribution in [0.25, 0.3) is 11.0 Å². The Balaban J connectivity index is 1.18. The molecule has 272 valence electrons. The Morgan fingerprint density at radius 2 is 1.80 bits per heavy atom. The van der Waals surface area contributed by atoms with Gasteiger partial charge in [0.2, 0.25) is 11.8 Å². The number of aliphatic hydroxyl groups is 2. The lowest BCUT2D eigenvalue weighted by Crippen LogP contribution is -2.63. The number of carbonyl (C=O) groups excluding carboxylic acids is 2. The summed E-state index contributed by atoms with van der Waals surface area (Å²) in [6.07, 6.45) is -2.40. The van der Waals surface area contributed by atoms with Crippen molar-refractivity contribution < 1.29 is 37.4 Å². The van der Waals surface area contributed by atoms with Gasteiger partial charge in [-0.1, -0.05) is 54.6 Å². The quantitative estimate of drug-likeness (QED) is 0.173. The average Bonchev–Trinajstić information content (AvgIpc) is 3.68. The number of hydrogen-bond donors (Lipinski definition) is 4. The third-order valence-corrected chi connectivity index (χ3v) is 10.2. The number of β-amino-alcohol motifs (C(OH)–C–C–N with tert-alkyl or cyclic N) is 1. The molecule has 0 unspecified atom stereocenters. The minimum Gasteiger partial charge on any atom is -0.459 e. The Kier molecular flexibility index (Phi) is 10.8. The fourth-order valence-electron chi connectivity index (χ4n) is 7.32. The van der Waals surface area contributed by atoms with Crippen LogP contribution in [0.3, 0.4) is 0 Å². The maximum Gasteiger partial charge on any atom is 0.405 e. The third-order valence-electron chi connectivity index (χ3n) is 10.2. The second kappa shape index (κ2) is 15.1. The van der Waals surface area contributed by atoms with Crippen molar-refractivity contribution in [3.8, 4) is 0 Å². The van der Waals surface area contributed by atoms with Gasteiger partial charge in [0.25, 0.3) is 0 Å². The number of nitrogens with one attached hydrogen (secondary N) is 2. The zero-order valence-corrected chi connectivity index (χ0v) is 28.6. The zero-order chi connectivity index (χ0) is 36.3. The molecule has 1 saturated heterocycles. The van der Waals surface area contributed by atoms with Gasteiger partial charge in [0, 0.05) is 56.3 Å². The molecule has 0 bridgehead atoms. The Hall–Kier alpha value is -4.30. The highest BCUT2D eigenvalue weighted by Crippen LogP contribution is 2.35. The van der Waals surface area contributed by atoms with E-state index in [1.807, 2.05) is 84.7 Å². The van der Waals surface area contributed by atoms with Crippen LogP contribution in [0, 0.1) is 5.92 Å². The van der Waals surface area contributed by atoms with Crippen molar-refractivity contribution in [1.29, 1.82) is 0 Å². The van der Waals surface area contributed by atoms with E-state index in [4.69, 9.17) is 4.42 Å². The highest BCUT2D eigenvalue weighted by atomic mass is 19.4. The molecule has 2 aromatic heterocycles. The number of nitrogens with zero attached hydrogens (tertiary/aromatic N) is 3. The second-order valence-corrected chi connectivity index (χ2v) is 14.1. The van der Waals surface area contributed by atoms with Crippen LogP contribution in [-0.2, 0) is 28.0 Å². The predicted octanol–water partition coefficient (Wildman–Crippen LogP) is 4.11. The van der Waals surface area contributed by atoms with Gasteiger partial charge < -0.3 is 25.3 Å². The summed E-state index contributed by atoms with van der Waals surface area (Å²) in [5.74, 6) is -1.20. The zero-order valence-electron chi connectivity index (χ0n) is 28.6. The molecule has 4 aromatic rings. The van der Waals surface area contributed by atoms with Crippen LogP contribution >= 0.6 is 0 Å². The first-order chi connectivity index (χ1) is 24.3. The number of hydrogen-bond acceptors (Lipinski definition) is 8. The molecule has 1 fully saturated rings. The largest absolute Gasteiger partial charge is 0.459 e. The number of fused-ring (bicyclic) bond motifs is 2. The first-order valence-corrected chi connectivity index (χ1v) is 17.2. The number of piperazine rings is 1. The van der Waals surface area contributed by atoms with Crippen molar-refractivity contribution in [3.05, 3.63) is 102 Å². The van der Waals surface area contributed by atoms with Gasteiger partial charge >= 0.3 is 6.18 Å². The van der Waals surface area contributed by atoms with Crippen molar-refractivity contribution in [3.63, 3.8) is 0 Å². The number of aliphatic hydroxyl groups excluding tert-OH is 2. The fraction of sp³-hybridized carbons (Fsp3) is 0.447. The molecule has 6 rings (SSSR count). The third kappa shape index (κ3) is 8.61. The summed E-state index contributed by atoms with van der Waals surface area (Å²) in [5, 5.41) is 28.2. The van der Waals surface area contributed by atoms with E-state index < -0.39 is 54.4 Å². The molecule has 51 heavy (non-hydrogen) atoms. The molecule has 2 amide bonds. The molecule has 0 spiro atoms. The first-order valence-electron chi connectivity index (χ1n) is 17.2. The molecule has 1 aliphatic carbocycles. The van der Waals surface area contributed by atoms with E-state index in [1.165, 1.54) is 0 Å². The van der Waals surface area contributed by atoms with E-state index in [1.54, 1.807) is 23.4 Å². The van der Waals surface area contributed by atoms with Crippen molar-refractivity contribution in [2.45, 2.75) is 69.1 Å². The van der Waals surface area contributed by atoms with Crippen molar-refractivity contribution in [2.24, 2.45) is 5.92 Å². The van der Waals surface area contributed by atoms with Gasteiger partial charge in [-0.15, -0.1) is 0 Å². The van der Waals surface area contributed by atoms with Gasteiger partial charge in [0.05, 0.1) is 23.8 Å². The monoisotopic (exact) mass is 707 g/mol. The number of furan rings is 1. The summed E-state index contributed by atoms with van der Waals surface area (Å²) in [6, 6.07) is 19.0. The minimum absolute atomic E-state index is 0.0286. The van der Waals surface area contributed by atoms with E-state index in [0.29, 0.717) is 30.7 Å². The summed E-state index contributed by atoms with van der Waals surface area (Å²) in [4.78, 5) is 35.1. The van der Waals surface area contributed by atoms with Crippen LogP contribution < -0.4 is 10.6 Å². The van der Waals surface area contributed by atoms with Gasteiger partial charge in [-0.05, 0) is 55.5 Å². The summed E-state index contributed by atoms with van der Waals surface area (Å²) in [6.45, 7) is 3.12. The lowest BCUT2D eigenvalue weighted by atomic mass is 9.91. The lowest BCUT2D eigenvalue weighted by Gasteiger charge is -2.47. The Morgan fingerprint density at radius 3 is 2.55 bits per heavy atom. The van der Waals surface area contributed by atoms with Crippen LogP contribution in [0.4, 0.5) is 13.2 Å². The molecular weight excluding hydrogens is 663 g/mol. The number of amides is 2. The highest BCUT2D eigenvalue weighted by Gasteiger charge is 2.42. The number of halogens is 3. The number of benzene rings is 2. The molecular formula is C38H44F3N5O5. The molecule has 2 aromatic carbocycles. The molecule has 4 N–H and O–H groups in total. The smallest absolute Gasteiger partial charge is 0.405 e. The van der Waals surface area contributed by atoms with Gasteiger partial charge in [-0.3, -0.25) is 24.4 Å². The molecule has 1 aliphatic heterocycles. The SMILES string of the molecule is CC(C)(c1cc2cnccc2o1)N1CCN(C[C@@H](O)C[C@H](Cc2ccccc2)C(=O)N[C@H]2c3ccccc3C[C@H]2O)[C@H](C(=O)NCC(F)(F)F)C1. The second-order valence-electron chi connectivity index (χ2n) is 14.1. The van der Waals surface area contributed by atoms with Crippen molar-refractivity contribution >= 4 is 22.8 Å². The maximum atomic E-state index is 13.9. The van der Waals surface area contributed by atoms with Gasteiger partial charge in [-0.25, -0.2) is 0 Å². The van der Waals surface area contributed by atoms with Gasteiger partial charge in [0.15, 0.2) is 0 Å². The van der Waals surface area contributed by atoms with E-state index in [2.05, 4.69) is 10.3 Å². The van der Waals surface area contributed by atoms with Crippen molar-refractivity contribution in [1.82, 2.24) is 25.4 Å².